The molecule has 0 atom stereocenters. The number of nitro groups is 1. The molecule has 0 bridgehead atoms. The summed E-state index contributed by atoms with van der Waals surface area (Å²) in [5, 5.41) is 31.2. The van der Waals surface area contributed by atoms with Gasteiger partial charge in [0.2, 0.25) is 5.95 Å². The Hall–Kier alpha value is -3.27. The molecule has 0 fully saturated rings. The van der Waals surface area contributed by atoms with Crippen LogP contribution in [0.5, 0.6) is 0 Å². The van der Waals surface area contributed by atoms with Crippen molar-refractivity contribution in [3.8, 4) is 0 Å². The van der Waals surface area contributed by atoms with Gasteiger partial charge in [-0.05, 0) is 19.4 Å². The number of hydrogen-bond acceptors (Lipinski definition) is 8. The van der Waals surface area contributed by atoms with E-state index in [1.165, 1.54) is 12.1 Å². The quantitative estimate of drug-likeness (QED) is 0.406. The van der Waals surface area contributed by atoms with Gasteiger partial charge in [-0.1, -0.05) is 12.1 Å². The second-order valence-corrected chi connectivity index (χ2v) is 6.24. The summed E-state index contributed by atoms with van der Waals surface area (Å²) in [4.78, 5) is 19.3. The molecule has 0 unspecified atom stereocenters. The molecule has 3 aromatic rings. The third kappa shape index (κ3) is 4.11. The maximum Gasteiger partial charge on any atom is 0.269 e. The highest BCUT2D eigenvalue weighted by atomic mass is 16.6. The molecule has 0 amide bonds. The van der Waals surface area contributed by atoms with Crippen molar-refractivity contribution in [2.24, 2.45) is 0 Å². The van der Waals surface area contributed by atoms with Crippen molar-refractivity contribution in [2.75, 3.05) is 23.8 Å². The van der Waals surface area contributed by atoms with Gasteiger partial charge in [0, 0.05) is 31.3 Å². The summed E-state index contributed by atoms with van der Waals surface area (Å²) in [5.74, 6) is 0.996. The van der Waals surface area contributed by atoms with Crippen molar-refractivity contribution in [2.45, 2.75) is 26.4 Å². The highest BCUT2D eigenvalue weighted by molar-refractivity contribution is 5.87. The van der Waals surface area contributed by atoms with Crippen LogP contribution in [0.2, 0.25) is 0 Å². The van der Waals surface area contributed by atoms with Gasteiger partial charge < -0.3 is 15.7 Å². The highest BCUT2D eigenvalue weighted by Crippen LogP contribution is 2.24. The van der Waals surface area contributed by atoms with Crippen LogP contribution in [0.1, 0.15) is 25.5 Å². The normalized spacial score (nSPS) is 11.1. The number of rotatable bonds is 8. The molecule has 1 aromatic carbocycles. The molecule has 0 spiro atoms. The number of aliphatic hydroxyl groups is 1. The largest absolute Gasteiger partial charge is 0.395 e. The Morgan fingerprint density at radius 1 is 1.22 bits per heavy atom. The van der Waals surface area contributed by atoms with E-state index in [4.69, 9.17) is 5.11 Å². The summed E-state index contributed by atoms with van der Waals surface area (Å²) >= 11 is 0. The summed E-state index contributed by atoms with van der Waals surface area (Å²) in [5.41, 5.74) is 1.62. The summed E-state index contributed by atoms with van der Waals surface area (Å²) < 4.78 is 1.80. The summed E-state index contributed by atoms with van der Waals surface area (Å²) in [6, 6.07) is 6.47. The first-order valence-electron chi connectivity index (χ1n) is 8.56. The number of non-ortho nitro benzene ring substituents is 1. The summed E-state index contributed by atoms with van der Waals surface area (Å²) in [7, 11) is 0. The van der Waals surface area contributed by atoms with Crippen molar-refractivity contribution >= 4 is 28.5 Å². The number of nitro benzene ring substituents is 1. The van der Waals surface area contributed by atoms with Crippen LogP contribution < -0.4 is 10.6 Å². The van der Waals surface area contributed by atoms with Crippen molar-refractivity contribution in [1.29, 1.82) is 0 Å². The van der Waals surface area contributed by atoms with Crippen LogP contribution in [0, 0.1) is 10.1 Å². The van der Waals surface area contributed by atoms with Gasteiger partial charge in [-0.2, -0.15) is 15.1 Å². The van der Waals surface area contributed by atoms with Gasteiger partial charge in [0.1, 0.15) is 5.82 Å². The molecule has 3 rings (SSSR count). The van der Waals surface area contributed by atoms with Crippen LogP contribution in [0.3, 0.4) is 0 Å². The highest BCUT2D eigenvalue weighted by Gasteiger charge is 2.14. The van der Waals surface area contributed by atoms with E-state index < -0.39 is 4.92 Å². The number of hydrogen-bond donors (Lipinski definition) is 3. The standard InChI is InChI=1S/C17H21N7O3/c1-11(2)23-16-14(10-20-23)15(21-17(22-16)18-7-8-25)19-9-12-3-5-13(6-4-12)24(26)27/h3-6,10-11,25H,7-9H2,1-2H3,(H2,18,19,21,22). The van der Waals surface area contributed by atoms with Gasteiger partial charge in [0.05, 0.1) is 23.1 Å². The lowest BCUT2D eigenvalue weighted by Gasteiger charge is -2.11. The van der Waals surface area contributed by atoms with E-state index in [0.717, 1.165) is 10.9 Å². The van der Waals surface area contributed by atoms with Crippen molar-refractivity contribution < 1.29 is 10.0 Å². The molecule has 0 aliphatic rings. The minimum Gasteiger partial charge on any atom is -0.395 e. The summed E-state index contributed by atoms with van der Waals surface area (Å²) in [6.07, 6.45) is 1.71. The smallest absolute Gasteiger partial charge is 0.269 e. The Balaban J connectivity index is 1.88. The van der Waals surface area contributed by atoms with E-state index >= 15 is 0 Å². The van der Waals surface area contributed by atoms with Gasteiger partial charge in [0.25, 0.3) is 5.69 Å². The van der Waals surface area contributed by atoms with Crippen LogP contribution in [0.4, 0.5) is 17.5 Å². The molecule has 142 valence electrons. The van der Waals surface area contributed by atoms with Gasteiger partial charge in [-0.3, -0.25) is 10.1 Å². The predicted octanol–water partition coefficient (Wildman–Crippen LogP) is 2.33. The monoisotopic (exact) mass is 371 g/mol. The van der Waals surface area contributed by atoms with Crippen LogP contribution in [-0.4, -0.2) is 42.9 Å². The van der Waals surface area contributed by atoms with E-state index in [2.05, 4.69) is 25.7 Å². The van der Waals surface area contributed by atoms with Crippen molar-refractivity contribution in [3.63, 3.8) is 0 Å². The third-order valence-corrected chi connectivity index (χ3v) is 3.94. The van der Waals surface area contributed by atoms with Crippen LogP contribution >= 0.6 is 0 Å². The molecule has 10 nitrogen and oxygen atoms in total. The predicted molar refractivity (Wildman–Crippen MR) is 102 cm³/mol. The molecule has 2 heterocycles. The molecular formula is C17H21N7O3. The van der Waals surface area contributed by atoms with E-state index in [1.807, 2.05) is 13.8 Å². The number of aromatic nitrogens is 4. The lowest BCUT2D eigenvalue weighted by molar-refractivity contribution is -0.384. The molecule has 0 aliphatic heterocycles. The zero-order valence-corrected chi connectivity index (χ0v) is 15.1. The fourth-order valence-electron chi connectivity index (χ4n) is 2.61. The SMILES string of the molecule is CC(C)n1ncc2c(NCc3ccc([N+](=O)[O-])cc3)nc(NCCO)nc21. The third-order valence-electron chi connectivity index (χ3n) is 3.94. The first-order chi connectivity index (χ1) is 13.0. The molecule has 0 radical (unpaired) electrons. The number of anilines is 2. The molecule has 27 heavy (non-hydrogen) atoms. The van der Waals surface area contributed by atoms with Crippen molar-refractivity contribution in [1.82, 2.24) is 19.7 Å². The first kappa shape index (κ1) is 18.5. The Bertz CT molecular complexity index is 938. The topological polar surface area (TPSA) is 131 Å². The number of nitrogens with zero attached hydrogens (tertiary/aromatic N) is 5. The molecular weight excluding hydrogens is 350 g/mol. The maximum atomic E-state index is 10.8. The fraction of sp³-hybridized carbons (Fsp3) is 0.353. The molecule has 0 saturated carbocycles. The van der Waals surface area contributed by atoms with E-state index in [-0.39, 0.29) is 18.3 Å². The van der Waals surface area contributed by atoms with Gasteiger partial charge in [0.15, 0.2) is 5.65 Å². The molecule has 10 heteroatoms. The Morgan fingerprint density at radius 3 is 2.59 bits per heavy atom. The Labute approximate surface area is 155 Å². The van der Waals surface area contributed by atoms with E-state index in [0.29, 0.717) is 30.5 Å². The fourth-order valence-corrected chi connectivity index (χ4v) is 2.61. The van der Waals surface area contributed by atoms with Gasteiger partial charge in [-0.15, -0.1) is 0 Å². The van der Waals surface area contributed by atoms with Gasteiger partial charge >= 0.3 is 0 Å². The lowest BCUT2D eigenvalue weighted by atomic mass is 10.2. The molecule has 0 aliphatic carbocycles. The zero-order valence-electron chi connectivity index (χ0n) is 15.1. The number of nitrogens with one attached hydrogen (secondary N) is 2. The maximum absolute atomic E-state index is 10.8. The zero-order chi connectivity index (χ0) is 19.4. The molecule has 3 N–H and O–H groups in total. The molecule has 0 saturated heterocycles. The average molecular weight is 371 g/mol. The van der Waals surface area contributed by atoms with E-state index in [9.17, 15) is 10.1 Å². The minimum absolute atomic E-state index is 0.0314. The second-order valence-electron chi connectivity index (χ2n) is 6.24. The van der Waals surface area contributed by atoms with Crippen LogP contribution in [0.25, 0.3) is 11.0 Å². The number of benzene rings is 1. The number of aliphatic hydroxyl groups excluding tert-OH is 1. The van der Waals surface area contributed by atoms with E-state index in [1.54, 1.807) is 23.0 Å². The van der Waals surface area contributed by atoms with Gasteiger partial charge in [-0.25, -0.2) is 4.68 Å². The summed E-state index contributed by atoms with van der Waals surface area (Å²) in [6.45, 7) is 4.77. The van der Waals surface area contributed by atoms with Crippen molar-refractivity contribution in [3.05, 3.63) is 46.1 Å². The second kappa shape index (κ2) is 7.96. The average Bonchev–Trinajstić information content (AvgIpc) is 3.09. The van der Waals surface area contributed by atoms with Crippen LogP contribution in [-0.2, 0) is 6.54 Å². The lowest BCUT2D eigenvalue weighted by Crippen LogP contribution is -2.12. The number of fused-ring (bicyclic) bond motifs is 1. The van der Waals surface area contributed by atoms with Crippen LogP contribution in [0.15, 0.2) is 30.5 Å². The minimum atomic E-state index is -0.426. The molecule has 2 aromatic heterocycles. The first-order valence-corrected chi connectivity index (χ1v) is 8.56. The Kier molecular flexibility index (Phi) is 5.46. The Morgan fingerprint density at radius 2 is 1.96 bits per heavy atom.